The third-order valence-corrected chi connectivity index (χ3v) is 6.38. The van der Waals surface area contributed by atoms with Gasteiger partial charge in [0.1, 0.15) is 17.1 Å². The summed E-state index contributed by atoms with van der Waals surface area (Å²) in [6, 6.07) is 18.9. The Bertz CT molecular complexity index is 1380. The highest BCUT2D eigenvalue weighted by atomic mass is 35.5. The van der Waals surface area contributed by atoms with Gasteiger partial charge >= 0.3 is 0 Å². The summed E-state index contributed by atoms with van der Waals surface area (Å²) in [5.41, 5.74) is 1.55. The van der Waals surface area contributed by atoms with Crippen LogP contribution in [0.5, 0.6) is 11.5 Å². The first kappa shape index (κ1) is 26.3. The van der Waals surface area contributed by atoms with E-state index in [4.69, 9.17) is 25.5 Å². The quantitative estimate of drug-likeness (QED) is 0.152. The number of para-hydroxylation sites is 1. The van der Waals surface area contributed by atoms with Crippen LogP contribution in [0.1, 0.15) is 65.5 Å². The number of benzene rings is 3. The van der Waals surface area contributed by atoms with Crippen molar-refractivity contribution in [2.75, 3.05) is 19.0 Å². The Labute approximate surface area is 221 Å². The largest absolute Gasteiger partial charge is 0.495 e. The van der Waals surface area contributed by atoms with Crippen molar-refractivity contribution < 1.29 is 23.5 Å². The first-order chi connectivity index (χ1) is 18.0. The van der Waals surface area contributed by atoms with E-state index in [1.54, 1.807) is 54.6 Å². The molecule has 192 valence electrons. The van der Waals surface area contributed by atoms with Gasteiger partial charge in [-0.3, -0.25) is 9.59 Å². The highest BCUT2D eigenvalue weighted by Gasteiger charge is 2.24. The van der Waals surface area contributed by atoms with Crippen molar-refractivity contribution in [2.45, 2.75) is 39.0 Å². The van der Waals surface area contributed by atoms with Crippen molar-refractivity contribution in [3.8, 4) is 11.5 Å². The summed E-state index contributed by atoms with van der Waals surface area (Å²) in [6.07, 6.45) is 5.84. The number of methoxy groups -OCH3 is 1. The number of anilines is 1. The minimum atomic E-state index is -0.404. The van der Waals surface area contributed by atoms with Crippen LogP contribution in [0.4, 0.5) is 5.69 Å². The Hall–Kier alpha value is -3.77. The fourth-order valence-corrected chi connectivity index (χ4v) is 4.31. The second-order valence-electron chi connectivity index (χ2n) is 8.72. The summed E-state index contributed by atoms with van der Waals surface area (Å²) >= 11 is 6.23. The third-order valence-electron chi connectivity index (χ3n) is 6.09. The molecule has 7 heteroatoms. The van der Waals surface area contributed by atoms with Crippen LogP contribution in [-0.2, 0) is 0 Å². The predicted molar refractivity (Wildman–Crippen MR) is 146 cm³/mol. The molecule has 0 aliphatic carbocycles. The van der Waals surface area contributed by atoms with Gasteiger partial charge in [-0.15, -0.1) is 0 Å². The zero-order chi connectivity index (χ0) is 26.2. The Morgan fingerprint density at radius 3 is 2.38 bits per heavy atom. The molecule has 1 amide bonds. The van der Waals surface area contributed by atoms with E-state index in [-0.39, 0.29) is 11.7 Å². The molecule has 0 spiro atoms. The SMILES string of the molecule is CCCCCCCOc1ccc(C(=O)Nc2c(C(=O)c3ccc(OC)c(Cl)c3)oc3ccccc23)cc1. The molecule has 1 aromatic heterocycles. The van der Waals surface area contributed by atoms with Crippen LogP contribution in [-0.4, -0.2) is 25.4 Å². The fourth-order valence-electron chi connectivity index (χ4n) is 4.05. The maximum Gasteiger partial charge on any atom is 0.255 e. The van der Waals surface area contributed by atoms with Gasteiger partial charge in [0, 0.05) is 16.5 Å². The minimum absolute atomic E-state index is 0.0267. The van der Waals surface area contributed by atoms with E-state index in [9.17, 15) is 9.59 Å². The zero-order valence-electron chi connectivity index (χ0n) is 21.0. The van der Waals surface area contributed by atoms with Gasteiger partial charge in [-0.25, -0.2) is 0 Å². The number of fused-ring (bicyclic) bond motifs is 1. The Morgan fingerprint density at radius 1 is 0.919 bits per heavy atom. The Morgan fingerprint density at radius 2 is 1.65 bits per heavy atom. The van der Waals surface area contributed by atoms with Crippen molar-refractivity contribution in [1.29, 1.82) is 0 Å². The molecule has 4 rings (SSSR count). The molecule has 6 nitrogen and oxygen atoms in total. The summed E-state index contributed by atoms with van der Waals surface area (Å²) in [7, 11) is 1.50. The molecule has 0 unspecified atom stereocenters. The lowest BCUT2D eigenvalue weighted by molar-refractivity contribution is 0.101. The predicted octanol–water partition coefficient (Wildman–Crippen LogP) is 7.93. The van der Waals surface area contributed by atoms with Gasteiger partial charge in [0.05, 0.1) is 24.4 Å². The molecular formula is C30H30ClNO5. The molecule has 37 heavy (non-hydrogen) atoms. The molecule has 1 N–H and O–H groups in total. The number of hydrogen-bond donors (Lipinski definition) is 1. The number of ether oxygens (including phenoxy) is 2. The average molecular weight is 520 g/mol. The highest BCUT2D eigenvalue weighted by molar-refractivity contribution is 6.32. The van der Waals surface area contributed by atoms with E-state index in [2.05, 4.69) is 12.2 Å². The number of halogens is 1. The second kappa shape index (κ2) is 12.5. The Kier molecular flexibility index (Phi) is 8.86. The molecule has 0 bridgehead atoms. The maximum atomic E-state index is 13.4. The van der Waals surface area contributed by atoms with E-state index in [0.717, 1.165) is 12.8 Å². The molecule has 0 atom stereocenters. The summed E-state index contributed by atoms with van der Waals surface area (Å²) < 4.78 is 16.9. The van der Waals surface area contributed by atoms with Gasteiger partial charge in [-0.2, -0.15) is 0 Å². The minimum Gasteiger partial charge on any atom is -0.495 e. The number of ketones is 1. The number of nitrogens with one attached hydrogen (secondary N) is 1. The average Bonchev–Trinajstić information content (AvgIpc) is 3.28. The number of amides is 1. The number of carbonyl (C=O) groups is 2. The van der Waals surface area contributed by atoms with E-state index in [1.165, 1.54) is 32.4 Å². The van der Waals surface area contributed by atoms with E-state index < -0.39 is 5.78 Å². The second-order valence-corrected chi connectivity index (χ2v) is 9.13. The lowest BCUT2D eigenvalue weighted by Gasteiger charge is -2.09. The molecule has 0 aliphatic heterocycles. The van der Waals surface area contributed by atoms with Gasteiger partial charge in [0.2, 0.25) is 5.78 Å². The van der Waals surface area contributed by atoms with Crippen molar-refractivity contribution in [3.05, 3.63) is 88.6 Å². The number of rotatable bonds is 12. The van der Waals surface area contributed by atoms with Gasteiger partial charge in [0.15, 0.2) is 5.76 Å². The van der Waals surface area contributed by atoms with Crippen molar-refractivity contribution in [3.63, 3.8) is 0 Å². The summed E-state index contributed by atoms with van der Waals surface area (Å²) in [5.74, 6) is 0.436. The van der Waals surface area contributed by atoms with Crippen LogP contribution in [0.25, 0.3) is 11.0 Å². The van der Waals surface area contributed by atoms with Gasteiger partial charge in [0.25, 0.3) is 5.91 Å². The highest BCUT2D eigenvalue weighted by Crippen LogP contribution is 2.34. The molecular weight excluding hydrogens is 490 g/mol. The van der Waals surface area contributed by atoms with E-state index in [0.29, 0.717) is 50.9 Å². The lowest BCUT2D eigenvalue weighted by Crippen LogP contribution is -2.14. The normalized spacial score (nSPS) is 10.9. The van der Waals surface area contributed by atoms with E-state index >= 15 is 0 Å². The van der Waals surface area contributed by atoms with Crippen LogP contribution in [0.15, 0.2) is 71.1 Å². The molecule has 0 aliphatic rings. The first-order valence-corrected chi connectivity index (χ1v) is 12.8. The monoisotopic (exact) mass is 519 g/mol. The molecule has 4 aromatic rings. The van der Waals surface area contributed by atoms with Crippen molar-refractivity contribution in [2.24, 2.45) is 0 Å². The summed E-state index contributed by atoms with van der Waals surface area (Å²) in [4.78, 5) is 26.5. The summed E-state index contributed by atoms with van der Waals surface area (Å²) in [5, 5.41) is 3.81. The zero-order valence-corrected chi connectivity index (χ0v) is 21.8. The lowest BCUT2D eigenvalue weighted by atomic mass is 10.1. The number of unbranched alkanes of at least 4 members (excludes halogenated alkanes) is 4. The van der Waals surface area contributed by atoms with Gasteiger partial charge in [-0.1, -0.05) is 56.3 Å². The van der Waals surface area contributed by atoms with Gasteiger partial charge in [-0.05, 0) is 61.0 Å². The van der Waals surface area contributed by atoms with Crippen molar-refractivity contribution >= 4 is 39.9 Å². The molecule has 0 radical (unpaired) electrons. The van der Waals surface area contributed by atoms with E-state index in [1.807, 2.05) is 6.07 Å². The fraction of sp³-hybridized carbons (Fsp3) is 0.267. The van der Waals surface area contributed by atoms with Crippen LogP contribution < -0.4 is 14.8 Å². The molecule has 0 saturated heterocycles. The van der Waals surface area contributed by atoms with Crippen LogP contribution in [0, 0.1) is 0 Å². The first-order valence-electron chi connectivity index (χ1n) is 12.5. The summed E-state index contributed by atoms with van der Waals surface area (Å²) in [6.45, 7) is 2.84. The topological polar surface area (TPSA) is 77.8 Å². The molecule has 3 aromatic carbocycles. The smallest absolute Gasteiger partial charge is 0.255 e. The standard InChI is InChI=1S/C30H30ClNO5/c1-3-4-5-6-9-18-36-22-15-12-20(13-16-22)30(34)32-27-23-10-7-8-11-25(23)37-29(27)28(33)21-14-17-26(35-2)24(31)19-21/h7-8,10-17,19H,3-6,9,18H2,1-2H3,(H,32,34). The number of furan rings is 1. The van der Waals surface area contributed by atoms with Crippen LogP contribution >= 0.6 is 11.6 Å². The number of carbonyl (C=O) groups excluding carboxylic acids is 2. The Balaban J connectivity index is 1.51. The van der Waals surface area contributed by atoms with Crippen LogP contribution in [0.2, 0.25) is 5.02 Å². The maximum absolute atomic E-state index is 13.4. The third kappa shape index (κ3) is 6.33. The van der Waals surface area contributed by atoms with Crippen LogP contribution in [0.3, 0.4) is 0 Å². The molecule has 0 saturated carbocycles. The number of hydrogen-bond acceptors (Lipinski definition) is 5. The molecule has 0 fully saturated rings. The van der Waals surface area contributed by atoms with Gasteiger partial charge < -0.3 is 19.2 Å². The molecule has 1 heterocycles. The van der Waals surface area contributed by atoms with Crippen molar-refractivity contribution in [1.82, 2.24) is 0 Å².